The van der Waals surface area contributed by atoms with Gasteiger partial charge in [-0.25, -0.2) is 0 Å². The Morgan fingerprint density at radius 1 is 1.33 bits per heavy atom. The van der Waals surface area contributed by atoms with Gasteiger partial charge in [-0.2, -0.15) is 0 Å². The third-order valence-electron chi connectivity index (χ3n) is 3.45. The fourth-order valence-corrected chi connectivity index (χ4v) is 3.27. The van der Waals surface area contributed by atoms with Crippen molar-refractivity contribution < 1.29 is 4.74 Å². The molecule has 1 aromatic rings. The second-order valence-electron chi connectivity index (χ2n) is 5.23. The zero-order valence-electron chi connectivity index (χ0n) is 12.3. The highest BCUT2D eigenvalue weighted by Crippen LogP contribution is 2.26. The zero-order chi connectivity index (χ0) is 13.8. The molecule has 1 unspecified atom stereocenters. The fourth-order valence-electron chi connectivity index (χ4n) is 1.91. The van der Waals surface area contributed by atoms with E-state index in [1.807, 2.05) is 18.8 Å². The van der Waals surface area contributed by atoms with Crippen molar-refractivity contribution in [3.63, 3.8) is 0 Å². The van der Waals surface area contributed by atoms with Crippen LogP contribution < -0.4 is 5.32 Å². The Morgan fingerprint density at radius 3 is 2.50 bits per heavy atom. The van der Waals surface area contributed by atoms with Crippen LogP contribution in [0.3, 0.4) is 0 Å². The van der Waals surface area contributed by atoms with Gasteiger partial charge in [-0.05, 0) is 46.4 Å². The van der Waals surface area contributed by atoms with Gasteiger partial charge in [-0.1, -0.05) is 17.7 Å². The van der Waals surface area contributed by atoms with Crippen LogP contribution in [-0.2, 0) is 4.74 Å². The molecule has 1 rings (SSSR count). The molecule has 102 valence electrons. The number of benzene rings is 1. The van der Waals surface area contributed by atoms with E-state index in [9.17, 15) is 0 Å². The SMILES string of the molecule is CNC(CSc1ccc(C)cc1C)C(C)(C)OC. The van der Waals surface area contributed by atoms with E-state index in [-0.39, 0.29) is 5.60 Å². The average molecular weight is 267 g/mol. The Labute approximate surface area is 116 Å². The summed E-state index contributed by atoms with van der Waals surface area (Å²) in [6.45, 7) is 8.55. The average Bonchev–Trinajstić information content (AvgIpc) is 2.32. The lowest BCUT2D eigenvalue weighted by atomic mass is 10.0. The molecule has 0 aliphatic carbocycles. The summed E-state index contributed by atoms with van der Waals surface area (Å²) in [6, 6.07) is 6.94. The molecule has 1 aromatic carbocycles. The largest absolute Gasteiger partial charge is 0.377 e. The molecular weight excluding hydrogens is 242 g/mol. The van der Waals surface area contributed by atoms with Gasteiger partial charge in [0.15, 0.2) is 0 Å². The predicted molar refractivity (Wildman–Crippen MR) is 80.6 cm³/mol. The van der Waals surface area contributed by atoms with E-state index < -0.39 is 0 Å². The van der Waals surface area contributed by atoms with Crippen LogP contribution in [0, 0.1) is 13.8 Å². The number of hydrogen-bond donors (Lipinski definition) is 1. The molecule has 0 aromatic heterocycles. The first kappa shape index (κ1) is 15.5. The van der Waals surface area contributed by atoms with Crippen molar-refractivity contribution in [2.24, 2.45) is 0 Å². The van der Waals surface area contributed by atoms with Gasteiger partial charge < -0.3 is 10.1 Å². The molecule has 3 heteroatoms. The Morgan fingerprint density at radius 2 is 2.00 bits per heavy atom. The molecule has 0 amide bonds. The number of methoxy groups -OCH3 is 1. The van der Waals surface area contributed by atoms with Crippen molar-refractivity contribution in [1.29, 1.82) is 0 Å². The molecule has 0 spiro atoms. The first-order chi connectivity index (χ1) is 8.40. The first-order valence-electron chi connectivity index (χ1n) is 6.33. The lowest BCUT2D eigenvalue weighted by molar-refractivity contribution is -0.00155. The van der Waals surface area contributed by atoms with Gasteiger partial charge in [0.25, 0.3) is 0 Å². The van der Waals surface area contributed by atoms with Gasteiger partial charge in [0.1, 0.15) is 0 Å². The summed E-state index contributed by atoms with van der Waals surface area (Å²) >= 11 is 1.89. The second-order valence-corrected chi connectivity index (χ2v) is 6.29. The van der Waals surface area contributed by atoms with Gasteiger partial charge in [-0.3, -0.25) is 0 Å². The summed E-state index contributed by atoms with van der Waals surface area (Å²) in [5.41, 5.74) is 2.52. The predicted octanol–water partition coefficient (Wildman–Crippen LogP) is 3.41. The summed E-state index contributed by atoms with van der Waals surface area (Å²) in [6.07, 6.45) is 0. The summed E-state index contributed by atoms with van der Waals surface area (Å²) in [7, 11) is 3.76. The van der Waals surface area contributed by atoms with Crippen molar-refractivity contribution in [1.82, 2.24) is 5.32 Å². The number of rotatable bonds is 6. The monoisotopic (exact) mass is 267 g/mol. The minimum absolute atomic E-state index is 0.152. The number of hydrogen-bond acceptors (Lipinski definition) is 3. The first-order valence-corrected chi connectivity index (χ1v) is 7.31. The minimum Gasteiger partial charge on any atom is -0.377 e. The maximum absolute atomic E-state index is 5.55. The maximum Gasteiger partial charge on any atom is 0.0783 e. The van der Waals surface area contributed by atoms with E-state index >= 15 is 0 Å². The van der Waals surface area contributed by atoms with Crippen LogP contribution in [0.1, 0.15) is 25.0 Å². The van der Waals surface area contributed by atoms with E-state index in [0.717, 1.165) is 5.75 Å². The van der Waals surface area contributed by atoms with Gasteiger partial charge in [-0.15, -0.1) is 11.8 Å². The molecule has 0 fully saturated rings. The van der Waals surface area contributed by atoms with Crippen molar-refractivity contribution in [3.05, 3.63) is 29.3 Å². The number of ether oxygens (including phenoxy) is 1. The Balaban J connectivity index is 2.68. The minimum atomic E-state index is -0.152. The van der Waals surface area contributed by atoms with Crippen LogP contribution in [0.25, 0.3) is 0 Å². The molecule has 0 aliphatic rings. The van der Waals surface area contributed by atoms with Crippen LogP contribution in [-0.4, -0.2) is 31.6 Å². The molecule has 1 atom stereocenters. The third kappa shape index (κ3) is 4.01. The van der Waals surface area contributed by atoms with Gasteiger partial charge in [0.05, 0.1) is 5.60 Å². The van der Waals surface area contributed by atoms with Crippen molar-refractivity contribution >= 4 is 11.8 Å². The highest BCUT2D eigenvalue weighted by atomic mass is 32.2. The molecule has 0 saturated carbocycles. The standard InChI is InChI=1S/C15H25NOS/c1-11-7-8-13(12(2)9-11)18-10-14(16-5)15(3,4)17-6/h7-9,14,16H,10H2,1-6H3. The molecule has 0 bridgehead atoms. The molecule has 0 saturated heterocycles. The van der Waals surface area contributed by atoms with Gasteiger partial charge in [0.2, 0.25) is 0 Å². The lowest BCUT2D eigenvalue weighted by Crippen LogP contribution is -2.48. The number of nitrogens with one attached hydrogen (secondary N) is 1. The number of aryl methyl sites for hydroxylation is 2. The van der Waals surface area contributed by atoms with Crippen molar-refractivity contribution in [2.75, 3.05) is 19.9 Å². The van der Waals surface area contributed by atoms with Crippen molar-refractivity contribution in [3.8, 4) is 0 Å². The highest BCUT2D eigenvalue weighted by molar-refractivity contribution is 7.99. The zero-order valence-corrected chi connectivity index (χ0v) is 13.1. The second kappa shape index (κ2) is 6.60. The van der Waals surface area contributed by atoms with E-state index in [4.69, 9.17) is 4.74 Å². The van der Waals surface area contributed by atoms with E-state index in [1.165, 1.54) is 16.0 Å². The third-order valence-corrected chi connectivity index (χ3v) is 4.72. The number of thioether (sulfide) groups is 1. The summed E-state index contributed by atoms with van der Waals surface area (Å²) < 4.78 is 5.55. The molecule has 18 heavy (non-hydrogen) atoms. The molecule has 0 aliphatic heterocycles. The highest BCUT2D eigenvalue weighted by Gasteiger charge is 2.27. The van der Waals surface area contributed by atoms with E-state index in [1.54, 1.807) is 7.11 Å². The van der Waals surface area contributed by atoms with E-state index in [0.29, 0.717) is 6.04 Å². The summed E-state index contributed by atoms with van der Waals surface area (Å²) in [5.74, 6) is 1.00. The van der Waals surface area contributed by atoms with Gasteiger partial charge in [0, 0.05) is 23.8 Å². The van der Waals surface area contributed by atoms with Crippen LogP contribution in [0.5, 0.6) is 0 Å². The molecule has 2 nitrogen and oxygen atoms in total. The Bertz CT molecular complexity index is 390. The summed E-state index contributed by atoms with van der Waals surface area (Å²) in [4.78, 5) is 1.35. The molecule has 0 radical (unpaired) electrons. The fraction of sp³-hybridized carbons (Fsp3) is 0.600. The maximum atomic E-state index is 5.55. The topological polar surface area (TPSA) is 21.3 Å². The molecule has 1 N–H and O–H groups in total. The molecular formula is C15H25NOS. The van der Waals surface area contributed by atoms with Crippen LogP contribution in [0.15, 0.2) is 23.1 Å². The smallest absolute Gasteiger partial charge is 0.0783 e. The van der Waals surface area contributed by atoms with E-state index in [2.05, 4.69) is 51.2 Å². The Hall–Kier alpha value is -0.510. The quantitative estimate of drug-likeness (QED) is 0.798. The molecule has 0 heterocycles. The van der Waals surface area contributed by atoms with Crippen molar-refractivity contribution in [2.45, 2.75) is 44.2 Å². The van der Waals surface area contributed by atoms with Crippen LogP contribution >= 0.6 is 11.8 Å². The van der Waals surface area contributed by atoms with Gasteiger partial charge >= 0.3 is 0 Å². The van der Waals surface area contributed by atoms with Crippen LogP contribution in [0.2, 0.25) is 0 Å². The lowest BCUT2D eigenvalue weighted by Gasteiger charge is -2.32. The normalized spacial score (nSPS) is 13.7. The summed E-state index contributed by atoms with van der Waals surface area (Å²) in [5, 5.41) is 3.35. The van der Waals surface area contributed by atoms with Crippen LogP contribution in [0.4, 0.5) is 0 Å². The number of likely N-dealkylation sites (N-methyl/N-ethyl adjacent to an activating group) is 1. The Kier molecular flexibility index (Phi) is 5.70.